The molecule has 2 aliphatic rings. The zero-order valence-corrected chi connectivity index (χ0v) is 17.8. The minimum Gasteiger partial charge on any atom is -0.465 e. The lowest BCUT2D eigenvalue weighted by molar-refractivity contribution is -0.0850. The Morgan fingerprint density at radius 1 is 1.19 bits per heavy atom. The fourth-order valence-corrected chi connectivity index (χ4v) is 4.75. The Bertz CT molecular complexity index is 1080. The molecule has 5 rings (SSSR count). The second kappa shape index (κ2) is 7.94. The Kier molecular flexibility index (Phi) is 5.11. The van der Waals surface area contributed by atoms with Crippen LogP contribution in [0.2, 0.25) is 0 Å². The number of rotatable bonds is 4. The number of ether oxygens (including phenoxy) is 1. The summed E-state index contributed by atoms with van der Waals surface area (Å²) in [6.07, 6.45) is 2.89. The van der Waals surface area contributed by atoms with E-state index in [1.165, 1.54) is 5.56 Å². The number of carbonyl (C=O) groups is 1. The van der Waals surface area contributed by atoms with E-state index in [0.29, 0.717) is 44.5 Å². The number of hydrogen-bond acceptors (Lipinski definition) is 5. The van der Waals surface area contributed by atoms with Crippen LogP contribution in [0.4, 0.5) is 4.79 Å². The van der Waals surface area contributed by atoms with Gasteiger partial charge >= 0.3 is 6.09 Å². The van der Waals surface area contributed by atoms with Crippen LogP contribution in [0, 0.1) is 0 Å². The first-order valence-electron chi connectivity index (χ1n) is 10.7. The predicted octanol–water partition coefficient (Wildman–Crippen LogP) is 3.08. The van der Waals surface area contributed by atoms with Gasteiger partial charge in [0.15, 0.2) is 0 Å². The topological polar surface area (TPSA) is 83.2 Å². The Morgan fingerprint density at radius 3 is 2.55 bits per heavy atom. The molecule has 2 atom stereocenters. The molecule has 162 valence electrons. The van der Waals surface area contributed by atoms with Crippen molar-refractivity contribution in [1.82, 2.24) is 24.2 Å². The van der Waals surface area contributed by atoms with Crippen LogP contribution in [0.5, 0.6) is 0 Å². The average molecular weight is 422 g/mol. The number of benzene rings is 1. The van der Waals surface area contributed by atoms with Gasteiger partial charge in [-0.3, -0.25) is 14.2 Å². The largest absolute Gasteiger partial charge is 0.465 e. The number of aromatic nitrogens is 3. The highest BCUT2D eigenvalue weighted by Crippen LogP contribution is 2.29. The molecule has 2 unspecified atom stereocenters. The average Bonchev–Trinajstić information content (AvgIpc) is 3.11. The van der Waals surface area contributed by atoms with Gasteiger partial charge < -0.3 is 9.84 Å². The van der Waals surface area contributed by atoms with Crippen molar-refractivity contribution in [2.24, 2.45) is 0 Å². The maximum Gasteiger partial charge on any atom is 0.408 e. The number of hydrogen-bond donors (Lipinski definition) is 1. The molecule has 8 heteroatoms. The van der Waals surface area contributed by atoms with Crippen LogP contribution in [-0.2, 0) is 11.3 Å². The maximum absolute atomic E-state index is 11.7. The molecule has 3 aromatic rings. The van der Waals surface area contributed by atoms with E-state index in [1.807, 2.05) is 16.7 Å². The summed E-state index contributed by atoms with van der Waals surface area (Å²) in [4.78, 5) is 24.9. The predicted molar refractivity (Wildman–Crippen MR) is 116 cm³/mol. The highest BCUT2D eigenvalue weighted by Gasteiger charge is 2.41. The first kappa shape index (κ1) is 20.0. The fourth-order valence-electron chi connectivity index (χ4n) is 4.75. The Hall–Kier alpha value is -2.97. The fraction of sp³-hybridized carbons (Fsp3) is 0.435. The lowest BCUT2D eigenvalue weighted by atomic mass is 10.00. The molecule has 0 spiro atoms. The molecular weight excluding hydrogens is 394 g/mol. The summed E-state index contributed by atoms with van der Waals surface area (Å²) in [6.45, 7) is 7.22. The Morgan fingerprint density at radius 2 is 1.90 bits per heavy atom. The van der Waals surface area contributed by atoms with E-state index in [0.717, 1.165) is 17.0 Å². The third-order valence-electron chi connectivity index (χ3n) is 6.29. The van der Waals surface area contributed by atoms with Crippen molar-refractivity contribution in [3.63, 3.8) is 0 Å². The van der Waals surface area contributed by atoms with Crippen molar-refractivity contribution in [2.75, 3.05) is 26.3 Å². The molecule has 1 N–H and O–H groups in total. The third kappa shape index (κ3) is 3.66. The van der Waals surface area contributed by atoms with E-state index < -0.39 is 6.09 Å². The molecule has 2 bridgehead atoms. The van der Waals surface area contributed by atoms with Crippen LogP contribution in [-0.4, -0.2) is 73.8 Å². The molecule has 1 amide bonds. The molecule has 0 aliphatic carbocycles. The van der Waals surface area contributed by atoms with E-state index in [2.05, 4.69) is 48.0 Å². The molecule has 2 fully saturated rings. The van der Waals surface area contributed by atoms with Gasteiger partial charge in [-0.2, -0.15) is 0 Å². The van der Waals surface area contributed by atoms with Crippen LogP contribution >= 0.6 is 0 Å². The Labute approximate surface area is 181 Å². The van der Waals surface area contributed by atoms with E-state index in [-0.39, 0.29) is 12.1 Å². The van der Waals surface area contributed by atoms with Gasteiger partial charge in [0.2, 0.25) is 5.78 Å². The zero-order valence-electron chi connectivity index (χ0n) is 17.8. The van der Waals surface area contributed by atoms with E-state index >= 15 is 0 Å². The molecule has 2 aromatic heterocycles. The second-order valence-corrected chi connectivity index (χ2v) is 8.70. The van der Waals surface area contributed by atoms with Gasteiger partial charge in [-0.15, -0.1) is 0 Å². The molecule has 2 aliphatic heterocycles. The van der Waals surface area contributed by atoms with Crippen molar-refractivity contribution >= 4 is 11.9 Å². The normalized spacial score (nSPS) is 21.7. The van der Waals surface area contributed by atoms with Crippen molar-refractivity contribution in [2.45, 2.75) is 38.4 Å². The van der Waals surface area contributed by atoms with Gasteiger partial charge in [-0.1, -0.05) is 38.1 Å². The minimum atomic E-state index is -0.858. The van der Waals surface area contributed by atoms with E-state index in [4.69, 9.17) is 9.72 Å². The van der Waals surface area contributed by atoms with Crippen LogP contribution in [0.25, 0.3) is 17.0 Å². The van der Waals surface area contributed by atoms with Gasteiger partial charge in [-0.25, -0.2) is 14.8 Å². The number of fused-ring (bicyclic) bond motifs is 3. The van der Waals surface area contributed by atoms with E-state index in [1.54, 1.807) is 11.1 Å². The van der Waals surface area contributed by atoms with Crippen molar-refractivity contribution < 1.29 is 14.6 Å². The summed E-state index contributed by atoms with van der Waals surface area (Å²) in [7, 11) is 0. The molecule has 4 heterocycles. The van der Waals surface area contributed by atoms with Crippen molar-refractivity contribution in [3.8, 4) is 11.3 Å². The molecular formula is C23H27N5O3. The standard InChI is InChI=1S/C23H27N5O3/c1-15(2)16-4-6-17(7-5-16)21-20(27-9-3-8-24-22(27)25-21)12-26-10-18-13-31-14-19(11-26)28(18)23(29)30/h3-9,15,18-19H,10-14H2,1-2H3,(H,29,30). The molecule has 0 saturated carbocycles. The number of carboxylic acid groups (broad SMARTS) is 1. The molecule has 2 saturated heterocycles. The molecule has 31 heavy (non-hydrogen) atoms. The van der Waals surface area contributed by atoms with Crippen molar-refractivity contribution in [3.05, 3.63) is 54.0 Å². The van der Waals surface area contributed by atoms with Gasteiger partial charge in [0.05, 0.1) is 36.7 Å². The van der Waals surface area contributed by atoms with Gasteiger partial charge in [0.1, 0.15) is 0 Å². The van der Waals surface area contributed by atoms with Crippen LogP contribution < -0.4 is 0 Å². The number of imidazole rings is 1. The number of piperazine rings is 1. The Balaban J connectivity index is 1.48. The summed E-state index contributed by atoms with van der Waals surface area (Å²) in [5.74, 6) is 1.15. The van der Waals surface area contributed by atoms with Crippen LogP contribution in [0.15, 0.2) is 42.7 Å². The quantitative estimate of drug-likeness (QED) is 0.697. The SMILES string of the molecule is CC(C)c1ccc(-c2nc3ncccn3c2CN2CC3COCC(C2)N3C(=O)O)cc1. The van der Waals surface area contributed by atoms with Crippen molar-refractivity contribution in [1.29, 1.82) is 0 Å². The monoisotopic (exact) mass is 421 g/mol. The summed E-state index contributed by atoms with van der Waals surface area (Å²) < 4.78 is 7.68. The number of morpholine rings is 1. The summed E-state index contributed by atoms with van der Waals surface area (Å²) in [6, 6.07) is 10.2. The van der Waals surface area contributed by atoms with E-state index in [9.17, 15) is 9.90 Å². The maximum atomic E-state index is 11.7. The van der Waals surface area contributed by atoms with Crippen LogP contribution in [0.3, 0.4) is 0 Å². The number of amides is 1. The minimum absolute atomic E-state index is 0.143. The lowest BCUT2D eigenvalue weighted by Gasteiger charge is -2.48. The first-order chi connectivity index (χ1) is 15.0. The first-order valence-corrected chi connectivity index (χ1v) is 10.7. The summed E-state index contributed by atoms with van der Waals surface area (Å²) >= 11 is 0. The molecule has 0 radical (unpaired) electrons. The summed E-state index contributed by atoms with van der Waals surface area (Å²) in [5.41, 5.74) is 4.36. The van der Waals surface area contributed by atoms with Gasteiger partial charge in [0, 0.05) is 37.6 Å². The highest BCUT2D eigenvalue weighted by molar-refractivity contribution is 5.67. The number of nitrogens with zero attached hydrogens (tertiary/aromatic N) is 5. The smallest absolute Gasteiger partial charge is 0.408 e. The third-order valence-corrected chi connectivity index (χ3v) is 6.29. The van der Waals surface area contributed by atoms with Gasteiger partial charge in [0.25, 0.3) is 0 Å². The molecule has 1 aromatic carbocycles. The zero-order chi connectivity index (χ0) is 21.5. The lowest BCUT2D eigenvalue weighted by Crippen LogP contribution is -2.65. The van der Waals surface area contributed by atoms with Crippen LogP contribution in [0.1, 0.15) is 31.0 Å². The van der Waals surface area contributed by atoms with Gasteiger partial charge in [-0.05, 0) is 17.5 Å². The summed E-state index contributed by atoms with van der Waals surface area (Å²) in [5, 5.41) is 9.61. The highest BCUT2D eigenvalue weighted by atomic mass is 16.5. The molecule has 8 nitrogen and oxygen atoms in total. The second-order valence-electron chi connectivity index (χ2n) is 8.70.